The molecular formula is C20H21Br2N3O2. The van der Waals surface area contributed by atoms with E-state index in [4.69, 9.17) is 0 Å². The minimum absolute atomic E-state index is 0.0157. The summed E-state index contributed by atoms with van der Waals surface area (Å²) in [5, 5.41) is 5.88. The second-order valence-corrected chi connectivity index (χ2v) is 8.37. The molecule has 1 aliphatic heterocycles. The number of para-hydroxylation sites is 1. The number of piperidine rings is 1. The number of nitrogens with one attached hydrogen (secondary N) is 2. The summed E-state index contributed by atoms with van der Waals surface area (Å²) in [6.07, 6.45) is 1.75. The minimum atomic E-state index is -0.105. The van der Waals surface area contributed by atoms with E-state index in [0.717, 1.165) is 39.7 Å². The Balaban J connectivity index is 1.53. The van der Waals surface area contributed by atoms with Crippen LogP contribution in [0.1, 0.15) is 12.8 Å². The largest absolute Gasteiger partial charge is 0.326 e. The zero-order chi connectivity index (χ0) is 19.2. The summed E-state index contributed by atoms with van der Waals surface area (Å²) in [4.78, 5) is 27.0. The Morgan fingerprint density at radius 2 is 1.85 bits per heavy atom. The first-order valence-corrected chi connectivity index (χ1v) is 10.4. The highest BCUT2D eigenvalue weighted by molar-refractivity contribution is 9.11. The molecule has 2 aromatic rings. The first-order chi connectivity index (χ1) is 13.0. The first kappa shape index (κ1) is 20.0. The zero-order valence-electron chi connectivity index (χ0n) is 14.8. The summed E-state index contributed by atoms with van der Waals surface area (Å²) in [6.45, 7) is 1.69. The van der Waals surface area contributed by atoms with Gasteiger partial charge in [0.1, 0.15) is 0 Å². The molecule has 2 N–H and O–H groups in total. The number of anilines is 2. The average Bonchev–Trinajstić information content (AvgIpc) is 2.65. The van der Waals surface area contributed by atoms with E-state index in [2.05, 4.69) is 42.5 Å². The third-order valence-corrected chi connectivity index (χ3v) is 5.64. The number of hydrogen-bond donors (Lipinski definition) is 2. The predicted octanol–water partition coefficient (Wildman–Crippen LogP) is 4.50. The lowest BCUT2D eigenvalue weighted by Gasteiger charge is -2.31. The Morgan fingerprint density at radius 3 is 2.59 bits per heavy atom. The van der Waals surface area contributed by atoms with Gasteiger partial charge in [0.05, 0.1) is 18.2 Å². The molecule has 1 fully saturated rings. The monoisotopic (exact) mass is 493 g/mol. The molecule has 3 rings (SSSR count). The standard InChI is InChI=1S/C20H21Br2N3O2/c21-15-8-9-18(17(22)11-15)24-19(26)13-25-10-4-5-14(12-25)20(27)23-16-6-2-1-3-7-16/h1-3,6-9,11,14H,4-5,10,12-13H2,(H,23,27)(H,24,26)/t14-/m1/s1. The van der Waals surface area contributed by atoms with E-state index in [1.165, 1.54) is 0 Å². The molecule has 0 bridgehead atoms. The summed E-state index contributed by atoms with van der Waals surface area (Å²) in [6, 6.07) is 15.1. The van der Waals surface area contributed by atoms with Gasteiger partial charge in [0.15, 0.2) is 0 Å². The lowest BCUT2D eigenvalue weighted by Crippen LogP contribution is -2.44. The van der Waals surface area contributed by atoms with Crippen LogP contribution >= 0.6 is 31.9 Å². The van der Waals surface area contributed by atoms with Crippen molar-refractivity contribution in [2.75, 3.05) is 30.3 Å². The van der Waals surface area contributed by atoms with Crippen LogP contribution < -0.4 is 10.6 Å². The second-order valence-electron chi connectivity index (χ2n) is 6.60. The number of likely N-dealkylation sites (tertiary alicyclic amines) is 1. The van der Waals surface area contributed by atoms with Crippen LogP contribution in [0.15, 0.2) is 57.5 Å². The Kier molecular flexibility index (Phi) is 7.04. The average molecular weight is 495 g/mol. The van der Waals surface area contributed by atoms with Crippen LogP contribution in [0, 0.1) is 5.92 Å². The van der Waals surface area contributed by atoms with Crippen molar-refractivity contribution in [3.8, 4) is 0 Å². The molecule has 1 saturated heterocycles. The van der Waals surface area contributed by atoms with Gasteiger partial charge in [-0.05, 0) is 65.6 Å². The zero-order valence-corrected chi connectivity index (χ0v) is 17.9. The number of rotatable bonds is 5. The Morgan fingerprint density at radius 1 is 1.07 bits per heavy atom. The van der Waals surface area contributed by atoms with Crippen LogP contribution in [0.25, 0.3) is 0 Å². The van der Waals surface area contributed by atoms with Gasteiger partial charge < -0.3 is 10.6 Å². The molecule has 1 heterocycles. The third kappa shape index (κ3) is 5.89. The van der Waals surface area contributed by atoms with E-state index in [1.807, 2.05) is 53.4 Å². The van der Waals surface area contributed by atoms with E-state index in [-0.39, 0.29) is 24.3 Å². The molecule has 2 amide bonds. The Hall–Kier alpha value is -1.70. The molecule has 0 aliphatic carbocycles. The molecule has 0 unspecified atom stereocenters. The summed E-state index contributed by atoms with van der Waals surface area (Å²) in [5.41, 5.74) is 1.54. The molecule has 0 saturated carbocycles. The van der Waals surface area contributed by atoms with Gasteiger partial charge in [-0.2, -0.15) is 0 Å². The number of benzene rings is 2. The summed E-state index contributed by atoms with van der Waals surface area (Å²) in [5.74, 6) is -0.171. The first-order valence-electron chi connectivity index (χ1n) is 8.84. The molecule has 0 radical (unpaired) electrons. The number of hydrogen-bond acceptors (Lipinski definition) is 3. The summed E-state index contributed by atoms with van der Waals surface area (Å²) in [7, 11) is 0. The van der Waals surface area contributed by atoms with E-state index in [9.17, 15) is 9.59 Å². The van der Waals surface area contributed by atoms with Gasteiger partial charge in [0.25, 0.3) is 0 Å². The lowest BCUT2D eigenvalue weighted by atomic mass is 9.97. The van der Waals surface area contributed by atoms with Crippen molar-refractivity contribution in [1.82, 2.24) is 4.90 Å². The summed E-state index contributed by atoms with van der Waals surface area (Å²) >= 11 is 6.85. The van der Waals surface area contributed by atoms with Gasteiger partial charge in [-0.25, -0.2) is 0 Å². The van der Waals surface area contributed by atoms with E-state index >= 15 is 0 Å². The van der Waals surface area contributed by atoms with Crippen molar-refractivity contribution in [2.45, 2.75) is 12.8 Å². The highest BCUT2D eigenvalue weighted by Crippen LogP contribution is 2.26. The van der Waals surface area contributed by atoms with E-state index in [0.29, 0.717) is 6.54 Å². The Labute approximate surface area is 175 Å². The fraction of sp³-hybridized carbons (Fsp3) is 0.300. The number of carbonyl (C=O) groups excluding carboxylic acids is 2. The fourth-order valence-electron chi connectivity index (χ4n) is 3.16. The molecule has 5 nitrogen and oxygen atoms in total. The predicted molar refractivity (Wildman–Crippen MR) is 115 cm³/mol. The highest BCUT2D eigenvalue weighted by Gasteiger charge is 2.27. The maximum absolute atomic E-state index is 12.5. The van der Waals surface area contributed by atoms with Crippen molar-refractivity contribution < 1.29 is 9.59 Å². The molecule has 27 heavy (non-hydrogen) atoms. The third-order valence-electron chi connectivity index (χ3n) is 4.49. The SMILES string of the molecule is O=C(CN1CCC[C@@H](C(=O)Nc2ccccc2)C1)Nc1ccc(Br)cc1Br. The molecule has 1 aliphatic rings. The molecule has 0 spiro atoms. The van der Waals surface area contributed by atoms with Gasteiger partial charge in [0, 0.05) is 21.2 Å². The Bertz CT molecular complexity index is 814. The molecule has 1 atom stereocenters. The van der Waals surface area contributed by atoms with Crippen molar-refractivity contribution >= 4 is 55.0 Å². The van der Waals surface area contributed by atoms with Crippen LogP contribution in [0.2, 0.25) is 0 Å². The number of amides is 2. The van der Waals surface area contributed by atoms with Crippen molar-refractivity contribution in [3.63, 3.8) is 0 Å². The molecule has 142 valence electrons. The maximum Gasteiger partial charge on any atom is 0.238 e. The van der Waals surface area contributed by atoms with Gasteiger partial charge in [0.2, 0.25) is 11.8 Å². The van der Waals surface area contributed by atoms with E-state index < -0.39 is 0 Å². The fourth-order valence-corrected chi connectivity index (χ4v) is 4.31. The number of nitrogens with zero attached hydrogens (tertiary/aromatic N) is 1. The summed E-state index contributed by atoms with van der Waals surface area (Å²) < 4.78 is 1.76. The second kappa shape index (κ2) is 9.48. The van der Waals surface area contributed by atoms with Crippen LogP contribution in [-0.4, -0.2) is 36.3 Å². The van der Waals surface area contributed by atoms with Gasteiger partial charge in [-0.1, -0.05) is 34.1 Å². The van der Waals surface area contributed by atoms with E-state index in [1.54, 1.807) is 0 Å². The normalized spacial score (nSPS) is 17.3. The maximum atomic E-state index is 12.5. The topological polar surface area (TPSA) is 61.4 Å². The lowest BCUT2D eigenvalue weighted by molar-refractivity contribution is -0.123. The number of carbonyl (C=O) groups is 2. The molecule has 0 aromatic heterocycles. The highest BCUT2D eigenvalue weighted by atomic mass is 79.9. The minimum Gasteiger partial charge on any atom is -0.326 e. The van der Waals surface area contributed by atoms with Crippen molar-refractivity contribution in [3.05, 3.63) is 57.5 Å². The molecular weight excluding hydrogens is 474 g/mol. The smallest absolute Gasteiger partial charge is 0.238 e. The van der Waals surface area contributed by atoms with Crippen molar-refractivity contribution in [1.29, 1.82) is 0 Å². The van der Waals surface area contributed by atoms with Crippen LogP contribution in [0.5, 0.6) is 0 Å². The van der Waals surface area contributed by atoms with Crippen LogP contribution in [-0.2, 0) is 9.59 Å². The van der Waals surface area contributed by atoms with Crippen molar-refractivity contribution in [2.24, 2.45) is 5.92 Å². The quantitative estimate of drug-likeness (QED) is 0.643. The molecule has 2 aromatic carbocycles. The van der Waals surface area contributed by atoms with Crippen LogP contribution in [0.4, 0.5) is 11.4 Å². The van der Waals surface area contributed by atoms with Gasteiger partial charge >= 0.3 is 0 Å². The number of halogens is 2. The molecule has 7 heteroatoms. The van der Waals surface area contributed by atoms with Gasteiger partial charge in [-0.15, -0.1) is 0 Å². The van der Waals surface area contributed by atoms with Crippen LogP contribution in [0.3, 0.4) is 0 Å². The van der Waals surface area contributed by atoms with Gasteiger partial charge in [-0.3, -0.25) is 14.5 Å².